The summed E-state index contributed by atoms with van der Waals surface area (Å²) in [7, 11) is 0. The molecule has 0 saturated heterocycles. The van der Waals surface area contributed by atoms with Crippen molar-refractivity contribution in [3.8, 4) is 0 Å². The van der Waals surface area contributed by atoms with E-state index in [4.69, 9.17) is 0 Å². The lowest BCUT2D eigenvalue weighted by Crippen LogP contribution is -2.00. The van der Waals surface area contributed by atoms with E-state index in [1.807, 2.05) is 0 Å². The molecule has 0 N–H and O–H groups in total. The van der Waals surface area contributed by atoms with Gasteiger partial charge in [0.2, 0.25) is 0 Å². The molecule has 2 aromatic rings. The maximum Gasteiger partial charge on any atom is 0.0701 e. The Morgan fingerprint density at radius 3 is 2.10 bits per heavy atom. The molecule has 2 aromatic carbocycles. The molecule has 0 heterocycles. The Labute approximate surface area is 154 Å². The van der Waals surface area contributed by atoms with Crippen molar-refractivity contribution in [1.29, 1.82) is 0 Å². The third-order valence-corrected chi connectivity index (χ3v) is 5.21. The minimum atomic E-state index is 0.377. The van der Waals surface area contributed by atoms with Gasteiger partial charge in [0.15, 0.2) is 0 Å². The molecule has 0 aromatic heterocycles. The van der Waals surface area contributed by atoms with Crippen molar-refractivity contribution >= 4 is 74.5 Å². The lowest BCUT2D eigenvalue weighted by molar-refractivity contribution is 0.865. The Balaban J connectivity index is 2.36. The third-order valence-electron chi connectivity index (χ3n) is 3.38. The lowest BCUT2D eigenvalue weighted by atomic mass is 9.93. The molecule has 20 heavy (non-hydrogen) atoms. The van der Waals surface area contributed by atoms with Gasteiger partial charge in [-0.15, -0.1) is 0 Å². The minimum absolute atomic E-state index is 0.377. The van der Waals surface area contributed by atoms with Gasteiger partial charge in [0.05, 0.1) is 7.47 Å². The van der Waals surface area contributed by atoms with Crippen LogP contribution >= 0.6 is 63.7 Å². The monoisotopic (exact) mass is 524 g/mol. The van der Waals surface area contributed by atoms with Gasteiger partial charge in [0.1, 0.15) is 0 Å². The van der Waals surface area contributed by atoms with Crippen LogP contribution in [-0.2, 0) is 12.8 Å². The molecule has 0 nitrogen and oxygen atoms in total. The highest BCUT2D eigenvalue weighted by Crippen LogP contribution is 2.28. The van der Waals surface area contributed by atoms with E-state index in [0.717, 1.165) is 25.7 Å². The van der Waals surface area contributed by atoms with E-state index in [-0.39, 0.29) is 0 Å². The van der Waals surface area contributed by atoms with Crippen LogP contribution in [0.2, 0.25) is 0 Å². The number of aryl methyl sites for hydroxylation is 2. The fraction of sp³-hybridized carbons (Fsp3) is 0.375. The van der Waals surface area contributed by atoms with E-state index in [9.17, 15) is 0 Å². The van der Waals surface area contributed by atoms with Gasteiger partial charge in [-0.05, 0) is 47.6 Å². The maximum atomic E-state index is 3.58. The molecule has 0 aliphatic rings. The van der Waals surface area contributed by atoms with Crippen molar-refractivity contribution in [2.75, 3.05) is 0 Å². The molecular formula is C16H16Br4. The normalized spacial score (nSPS) is 11.7. The molecule has 0 radical (unpaired) electrons. The van der Waals surface area contributed by atoms with Crippen molar-refractivity contribution in [3.05, 3.63) is 47.5 Å². The Kier molecular flexibility index (Phi) is 7.05. The Hall–Kier alpha value is 0.620. The quantitative estimate of drug-likeness (QED) is 0.357. The van der Waals surface area contributed by atoms with Crippen molar-refractivity contribution < 1.29 is 0 Å². The summed E-state index contributed by atoms with van der Waals surface area (Å²) in [5.41, 5.74) is 2.96. The zero-order chi connectivity index (χ0) is 14.5. The summed E-state index contributed by atoms with van der Waals surface area (Å²) < 4.78 is 0.760. The summed E-state index contributed by atoms with van der Waals surface area (Å²) >= 11 is 14.3. The highest BCUT2D eigenvalue weighted by atomic mass is 79.9. The summed E-state index contributed by atoms with van der Waals surface area (Å²) in [5, 5.41) is 2.73. The van der Waals surface area contributed by atoms with Gasteiger partial charge in [0.25, 0.3) is 0 Å². The van der Waals surface area contributed by atoms with Crippen LogP contribution in [0.15, 0.2) is 36.4 Å². The van der Waals surface area contributed by atoms with E-state index in [1.165, 1.54) is 21.9 Å². The second-order valence-corrected chi connectivity index (χ2v) is 11.7. The smallest absolute Gasteiger partial charge is 0.0701 e. The number of hydrogen-bond donors (Lipinski definition) is 0. The van der Waals surface area contributed by atoms with E-state index >= 15 is 0 Å². The summed E-state index contributed by atoms with van der Waals surface area (Å²) in [6.07, 6.45) is 4.37. The van der Waals surface area contributed by atoms with Crippen LogP contribution in [-0.4, -0.2) is 7.47 Å². The molecule has 0 fully saturated rings. The van der Waals surface area contributed by atoms with E-state index in [2.05, 4.69) is 100 Å². The number of rotatable bonds is 6. The molecule has 0 spiro atoms. The molecule has 0 aliphatic heterocycles. The molecule has 4 heteroatoms. The standard InChI is InChI=1S/C16H16Br4/c17-15(18)9-7-12-6-5-11-3-1-2-4-13(11)14(12)8-10-16(19)20/h1-6,15-16H,7-10H2. The number of halogens is 4. The van der Waals surface area contributed by atoms with Crippen LogP contribution < -0.4 is 0 Å². The van der Waals surface area contributed by atoms with Crippen molar-refractivity contribution in [3.63, 3.8) is 0 Å². The third kappa shape index (κ3) is 4.82. The van der Waals surface area contributed by atoms with Crippen LogP contribution in [0.25, 0.3) is 10.8 Å². The fourth-order valence-corrected chi connectivity index (χ4v) is 3.34. The first-order valence-corrected chi connectivity index (χ1v) is 10.3. The van der Waals surface area contributed by atoms with Gasteiger partial charge in [-0.25, -0.2) is 0 Å². The summed E-state index contributed by atoms with van der Waals surface area (Å²) in [5.74, 6) is 0. The van der Waals surface area contributed by atoms with Crippen LogP contribution in [0.4, 0.5) is 0 Å². The zero-order valence-electron chi connectivity index (χ0n) is 11.0. The van der Waals surface area contributed by atoms with Crippen LogP contribution in [0.5, 0.6) is 0 Å². The second kappa shape index (κ2) is 8.30. The predicted octanol–water partition coefficient (Wildman–Crippen LogP) is 6.94. The summed E-state index contributed by atoms with van der Waals surface area (Å²) in [6.45, 7) is 0. The molecule has 0 saturated carbocycles. The molecular weight excluding hydrogens is 512 g/mol. The van der Waals surface area contributed by atoms with Crippen LogP contribution in [0.1, 0.15) is 24.0 Å². The van der Waals surface area contributed by atoms with Crippen molar-refractivity contribution in [1.82, 2.24) is 0 Å². The number of fused-ring (bicyclic) bond motifs is 1. The highest BCUT2D eigenvalue weighted by molar-refractivity contribution is 9.25. The maximum absolute atomic E-state index is 3.58. The van der Waals surface area contributed by atoms with Gasteiger partial charge in [0, 0.05) is 0 Å². The molecule has 0 bridgehead atoms. The summed E-state index contributed by atoms with van der Waals surface area (Å²) in [6, 6.07) is 13.2. The van der Waals surface area contributed by atoms with Gasteiger partial charge in [-0.2, -0.15) is 0 Å². The van der Waals surface area contributed by atoms with Gasteiger partial charge in [-0.3, -0.25) is 0 Å². The van der Waals surface area contributed by atoms with Gasteiger partial charge >= 0.3 is 0 Å². The number of hydrogen-bond acceptors (Lipinski definition) is 0. The molecule has 108 valence electrons. The first-order chi connectivity index (χ1) is 9.58. The van der Waals surface area contributed by atoms with E-state index < -0.39 is 0 Å². The van der Waals surface area contributed by atoms with Gasteiger partial charge < -0.3 is 0 Å². The Bertz CT molecular complexity index is 563. The zero-order valence-corrected chi connectivity index (χ0v) is 17.3. The first kappa shape index (κ1) is 17.0. The Morgan fingerprint density at radius 2 is 1.40 bits per heavy atom. The minimum Gasteiger partial charge on any atom is -0.0765 e. The van der Waals surface area contributed by atoms with Crippen molar-refractivity contribution in [2.24, 2.45) is 0 Å². The van der Waals surface area contributed by atoms with Crippen molar-refractivity contribution in [2.45, 2.75) is 33.2 Å². The summed E-state index contributed by atoms with van der Waals surface area (Å²) in [4.78, 5) is 0. The highest BCUT2D eigenvalue weighted by Gasteiger charge is 2.10. The predicted molar refractivity (Wildman–Crippen MR) is 104 cm³/mol. The second-order valence-electron chi connectivity index (χ2n) is 4.78. The van der Waals surface area contributed by atoms with E-state index in [1.54, 1.807) is 0 Å². The van der Waals surface area contributed by atoms with Crippen LogP contribution in [0, 0.1) is 0 Å². The fourth-order valence-electron chi connectivity index (χ4n) is 2.43. The Morgan fingerprint density at radius 1 is 0.750 bits per heavy atom. The number of alkyl halides is 4. The molecule has 0 unspecified atom stereocenters. The average molecular weight is 528 g/mol. The average Bonchev–Trinajstić information content (AvgIpc) is 2.42. The SMILES string of the molecule is BrC(Br)CCc1ccc2ccccc2c1CCC(Br)Br. The topological polar surface area (TPSA) is 0 Å². The van der Waals surface area contributed by atoms with Gasteiger partial charge in [-0.1, -0.05) is 100 Å². The molecule has 2 rings (SSSR count). The van der Waals surface area contributed by atoms with E-state index in [0.29, 0.717) is 7.47 Å². The molecule has 0 aliphatic carbocycles. The number of benzene rings is 2. The molecule has 0 amide bonds. The first-order valence-electron chi connectivity index (χ1n) is 6.63. The van der Waals surface area contributed by atoms with Crippen LogP contribution in [0.3, 0.4) is 0 Å². The molecule has 0 atom stereocenters. The largest absolute Gasteiger partial charge is 0.0765 e. The lowest BCUT2D eigenvalue weighted by Gasteiger charge is -2.14.